The molecule has 1 aromatic carbocycles. The van der Waals surface area contributed by atoms with Gasteiger partial charge >= 0.3 is 0 Å². The molecule has 5 heteroatoms. The highest BCUT2D eigenvalue weighted by atomic mass is 32.2. The zero-order valence-electron chi connectivity index (χ0n) is 11.1. The van der Waals surface area contributed by atoms with Crippen molar-refractivity contribution in [3.05, 3.63) is 29.8 Å². The molecule has 0 amide bonds. The lowest BCUT2D eigenvalue weighted by molar-refractivity contribution is 0.340. The van der Waals surface area contributed by atoms with Gasteiger partial charge in [0, 0.05) is 6.04 Å². The van der Waals surface area contributed by atoms with Gasteiger partial charge in [-0.05, 0) is 38.5 Å². The number of benzene rings is 1. The first kappa shape index (κ1) is 15.0. The van der Waals surface area contributed by atoms with Crippen LogP contribution in [0.3, 0.4) is 0 Å². The number of rotatable bonds is 6. The summed E-state index contributed by atoms with van der Waals surface area (Å²) in [5.74, 6) is 0.707. The van der Waals surface area contributed by atoms with Crippen LogP contribution in [-0.2, 0) is 9.84 Å². The Morgan fingerprint density at radius 1 is 1.17 bits per heavy atom. The van der Waals surface area contributed by atoms with Gasteiger partial charge in [-0.1, -0.05) is 12.1 Å². The first-order valence-electron chi connectivity index (χ1n) is 6.03. The van der Waals surface area contributed by atoms with Gasteiger partial charge in [0.1, 0.15) is 12.4 Å². The first-order valence-corrected chi connectivity index (χ1v) is 7.74. The summed E-state index contributed by atoms with van der Waals surface area (Å²) in [7, 11) is -3.03. The van der Waals surface area contributed by atoms with Crippen LogP contribution >= 0.6 is 0 Å². The van der Waals surface area contributed by atoms with Crippen LogP contribution in [0.15, 0.2) is 24.3 Å². The molecule has 0 aliphatic heterocycles. The summed E-state index contributed by atoms with van der Waals surface area (Å²) in [6.07, 6.45) is 0. The summed E-state index contributed by atoms with van der Waals surface area (Å²) in [4.78, 5) is 0. The fourth-order valence-electron chi connectivity index (χ4n) is 1.38. The van der Waals surface area contributed by atoms with Crippen molar-refractivity contribution in [2.45, 2.75) is 32.1 Å². The minimum Gasteiger partial charge on any atom is -0.493 e. The quantitative estimate of drug-likeness (QED) is 0.858. The van der Waals surface area contributed by atoms with Gasteiger partial charge in [-0.25, -0.2) is 8.42 Å². The number of nitrogens with two attached hydrogens (primary N) is 1. The molecule has 0 aliphatic carbocycles. The molecule has 18 heavy (non-hydrogen) atoms. The topological polar surface area (TPSA) is 69.4 Å². The Balaban J connectivity index is 2.50. The highest BCUT2D eigenvalue weighted by Crippen LogP contribution is 2.16. The molecule has 1 atom stereocenters. The van der Waals surface area contributed by atoms with Crippen molar-refractivity contribution < 1.29 is 13.2 Å². The monoisotopic (exact) mass is 271 g/mol. The van der Waals surface area contributed by atoms with Crippen molar-refractivity contribution >= 4 is 9.84 Å². The Morgan fingerprint density at radius 2 is 1.72 bits per heavy atom. The molecule has 0 unspecified atom stereocenters. The van der Waals surface area contributed by atoms with Crippen LogP contribution in [0, 0.1) is 0 Å². The van der Waals surface area contributed by atoms with Gasteiger partial charge < -0.3 is 10.5 Å². The van der Waals surface area contributed by atoms with Crippen LogP contribution < -0.4 is 10.5 Å². The van der Waals surface area contributed by atoms with E-state index in [0.717, 1.165) is 5.56 Å². The fraction of sp³-hybridized carbons (Fsp3) is 0.538. The van der Waals surface area contributed by atoms with Crippen LogP contribution in [0.4, 0.5) is 0 Å². The third-order valence-electron chi connectivity index (χ3n) is 2.76. The molecule has 1 aromatic rings. The molecule has 0 bridgehead atoms. The highest BCUT2D eigenvalue weighted by Gasteiger charge is 2.15. The summed E-state index contributed by atoms with van der Waals surface area (Å²) >= 11 is 0. The third-order valence-corrected chi connectivity index (χ3v) is 4.93. The standard InChI is InChI=1S/C13H21NO3S/c1-10(2)18(15,16)9-8-17-13-6-4-12(5-7-13)11(3)14/h4-7,10-11H,8-9,14H2,1-3H3/t11-/m0/s1. The lowest BCUT2D eigenvalue weighted by Gasteiger charge is -2.10. The van der Waals surface area contributed by atoms with Crippen LogP contribution in [0.5, 0.6) is 5.75 Å². The van der Waals surface area contributed by atoms with Crippen molar-refractivity contribution in [1.82, 2.24) is 0 Å². The Hall–Kier alpha value is -1.07. The minimum atomic E-state index is -3.03. The molecule has 0 aliphatic rings. The summed E-state index contributed by atoms with van der Waals surface area (Å²) in [5.41, 5.74) is 6.76. The van der Waals surface area contributed by atoms with Crippen molar-refractivity contribution in [3.63, 3.8) is 0 Å². The molecule has 4 nitrogen and oxygen atoms in total. The smallest absolute Gasteiger partial charge is 0.155 e. The van der Waals surface area contributed by atoms with E-state index in [1.165, 1.54) is 0 Å². The maximum absolute atomic E-state index is 11.6. The van der Waals surface area contributed by atoms with E-state index in [-0.39, 0.29) is 23.7 Å². The van der Waals surface area contributed by atoms with Crippen LogP contribution in [0.2, 0.25) is 0 Å². The molecule has 0 saturated heterocycles. The third kappa shape index (κ3) is 4.31. The maximum Gasteiger partial charge on any atom is 0.155 e. The van der Waals surface area contributed by atoms with Gasteiger partial charge in [-0.15, -0.1) is 0 Å². The predicted octanol–water partition coefficient (Wildman–Crippen LogP) is 1.91. The molecular weight excluding hydrogens is 250 g/mol. The SMILES string of the molecule is CC(C)S(=O)(=O)CCOc1ccc([C@H](C)N)cc1. The van der Waals surface area contributed by atoms with E-state index in [4.69, 9.17) is 10.5 Å². The fourth-order valence-corrected chi connectivity index (χ4v) is 2.17. The van der Waals surface area contributed by atoms with Gasteiger partial charge in [-0.2, -0.15) is 0 Å². The Bertz CT molecular complexity index is 464. The van der Waals surface area contributed by atoms with E-state index < -0.39 is 9.84 Å². The second-order valence-electron chi connectivity index (χ2n) is 4.62. The molecule has 0 aromatic heterocycles. The van der Waals surface area contributed by atoms with Crippen LogP contribution in [-0.4, -0.2) is 26.0 Å². The zero-order valence-corrected chi connectivity index (χ0v) is 11.9. The van der Waals surface area contributed by atoms with Gasteiger partial charge in [0.05, 0.1) is 11.0 Å². The van der Waals surface area contributed by atoms with Gasteiger partial charge in [0.15, 0.2) is 9.84 Å². The predicted molar refractivity (Wildman–Crippen MR) is 73.5 cm³/mol. The first-order chi connectivity index (χ1) is 8.33. The molecule has 0 fully saturated rings. The number of ether oxygens (including phenoxy) is 1. The molecule has 1 rings (SSSR count). The molecular formula is C13H21NO3S. The van der Waals surface area contributed by atoms with E-state index in [1.54, 1.807) is 26.0 Å². The summed E-state index contributed by atoms with van der Waals surface area (Å²) in [6, 6.07) is 7.37. The lowest BCUT2D eigenvalue weighted by atomic mass is 10.1. The molecule has 0 radical (unpaired) electrons. The zero-order chi connectivity index (χ0) is 13.8. The molecule has 0 heterocycles. The van der Waals surface area contributed by atoms with Gasteiger partial charge in [0.25, 0.3) is 0 Å². The van der Waals surface area contributed by atoms with Crippen molar-refractivity contribution in [2.24, 2.45) is 5.73 Å². The van der Waals surface area contributed by atoms with E-state index in [1.807, 2.05) is 19.1 Å². The van der Waals surface area contributed by atoms with E-state index in [0.29, 0.717) is 5.75 Å². The minimum absolute atomic E-state index is 0.0135. The Morgan fingerprint density at radius 3 is 2.17 bits per heavy atom. The van der Waals surface area contributed by atoms with E-state index in [2.05, 4.69) is 0 Å². The van der Waals surface area contributed by atoms with Crippen molar-refractivity contribution in [1.29, 1.82) is 0 Å². The van der Waals surface area contributed by atoms with Gasteiger partial charge in [-0.3, -0.25) is 0 Å². The molecule has 0 saturated carbocycles. The molecule has 102 valence electrons. The van der Waals surface area contributed by atoms with Crippen LogP contribution in [0.1, 0.15) is 32.4 Å². The summed E-state index contributed by atoms with van der Waals surface area (Å²) in [5, 5.41) is -0.360. The second kappa shape index (κ2) is 6.20. The number of hydrogen-bond acceptors (Lipinski definition) is 4. The average Bonchev–Trinajstić information content (AvgIpc) is 2.29. The second-order valence-corrected chi connectivity index (χ2v) is 7.30. The lowest BCUT2D eigenvalue weighted by Crippen LogP contribution is -2.22. The van der Waals surface area contributed by atoms with Gasteiger partial charge in [0.2, 0.25) is 0 Å². The van der Waals surface area contributed by atoms with Crippen molar-refractivity contribution in [3.8, 4) is 5.75 Å². The van der Waals surface area contributed by atoms with Crippen LogP contribution in [0.25, 0.3) is 0 Å². The summed E-state index contributed by atoms with van der Waals surface area (Å²) in [6.45, 7) is 5.43. The Labute approximate surface area is 109 Å². The maximum atomic E-state index is 11.6. The summed E-state index contributed by atoms with van der Waals surface area (Å²) < 4.78 is 28.5. The number of hydrogen-bond donors (Lipinski definition) is 1. The Kier molecular flexibility index (Phi) is 5.16. The van der Waals surface area contributed by atoms with Crippen molar-refractivity contribution in [2.75, 3.05) is 12.4 Å². The molecule has 2 N–H and O–H groups in total. The highest BCUT2D eigenvalue weighted by molar-refractivity contribution is 7.91. The largest absolute Gasteiger partial charge is 0.493 e. The number of sulfone groups is 1. The van der Waals surface area contributed by atoms with E-state index in [9.17, 15) is 8.42 Å². The average molecular weight is 271 g/mol. The van der Waals surface area contributed by atoms with E-state index >= 15 is 0 Å². The normalized spacial score (nSPS) is 13.6. The molecule has 0 spiro atoms.